The van der Waals surface area contributed by atoms with E-state index in [4.69, 9.17) is 4.74 Å². The number of para-hydroxylation sites is 1. The van der Waals surface area contributed by atoms with Crippen LogP contribution in [0.5, 0.6) is 5.75 Å². The zero-order valence-corrected chi connectivity index (χ0v) is 18.8. The van der Waals surface area contributed by atoms with Crippen molar-refractivity contribution in [3.63, 3.8) is 0 Å². The fraction of sp³-hybridized carbons (Fsp3) is 0.125. The molecule has 162 valence electrons. The van der Waals surface area contributed by atoms with Crippen LogP contribution in [0.2, 0.25) is 0 Å². The van der Waals surface area contributed by atoms with Crippen LogP contribution in [-0.4, -0.2) is 30.4 Å². The number of hydrogen-bond donors (Lipinski definition) is 2. The quantitative estimate of drug-likeness (QED) is 0.549. The van der Waals surface area contributed by atoms with Gasteiger partial charge in [-0.1, -0.05) is 34.1 Å². The predicted molar refractivity (Wildman–Crippen MR) is 126 cm³/mol. The summed E-state index contributed by atoms with van der Waals surface area (Å²) in [6.45, 7) is 1.45. The highest BCUT2D eigenvalue weighted by Crippen LogP contribution is 2.36. The highest BCUT2D eigenvalue weighted by atomic mass is 79.9. The van der Waals surface area contributed by atoms with E-state index >= 15 is 0 Å². The monoisotopic (exact) mass is 493 g/mol. The van der Waals surface area contributed by atoms with Gasteiger partial charge in [-0.05, 0) is 61.5 Å². The number of anilines is 3. The lowest BCUT2D eigenvalue weighted by atomic mass is 10.1. The van der Waals surface area contributed by atoms with Gasteiger partial charge >= 0.3 is 0 Å². The van der Waals surface area contributed by atoms with Gasteiger partial charge in [-0.2, -0.15) is 0 Å². The Bertz CT molecular complexity index is 1170. The molecule has 3 aromatic carbocycles. The van der Waals surface area contributed by atoms with Crippen LogP contribution in [0.25, 0.3) is 0 Å². The Morgan fingerprint density at radius 2 is 1.69 bits per heavy atom. The first kappa shape index (κ1) is 21.6. The molecule has 0 aliphatic carbocycles. The van der Waals surface area contributed by atoms with Crippen LogP contribution in [0.1, 0.15) is 17.3 Å². The maximum absolute atomic E-state index is 12.8. The van der Waals surface area contributed by atoms with E-state index in [1.165, 1.54) is 4.90 Å². The topological polar surface area (TPSA) is 87.7 Å². The minimum absolute atomic E-state index is 0.182. The minimum atomic E-state index is -0.727. The molecular formula is C24H20BrN3O4. The molecule has 1 atom stereocenters. The summed E-state index contributed by atoms with van der Waals surface area (Å²) < 4.78 is 6.56. The zero-order chi connectivity index (χ0) is 22.7. The molecular weight excluding hydrogens is 474 g/mol. The van der Waals surface area contributed by atoms with E-state index in [1.54, 1.807) is 61.5 Å². The third-order valence-electron chi connectivity index (χ3n) is 4.89. The van der Waals surface area contributed by atoms with Crippen molar-refractivity contribution in [3.05, 3.63) is 82.8 Å². The number of nitrogens with zero attached hydrogens (tertiary/aromatic N) is 1. The second-order valence-electron chi connectivity index (χ2n) is 7.24. The Labute approximate surface area is 193 Å². The first-order valence-electron chi connectivity index (χ1n) is 9.94. The van der Waals surface area contributed by atoms with Crippen molar-refractivity contribution in [2.24, 2.45) is 0 Å². The number of nitrogens with one attached hydrogen (secondary N) is 2. The van der Waals surface area contributed by atoms with Crippen molar-refractivity contribution in [1.29, 1.82) is 0 Å². The molecule has 2 N–H and O–H groups in total. The summed E-state index contributed by atoms with van der Waals surface area (Å²) in [6.07, 6.45) is -0.727. The molecule has 7 nitrogen and oxygen atoms in total. The normalized spacial score (nSPS) is 14.9. The number of fused-ring (bicyclic) bond motifs is 1. The van der Waals surface area contributed by atoms with Gasteiger partial charge in [-0.3, -0.25) is 19.3 Å². The lowest BCUT2D eigenvalue weighted by Gasteiger charge is -2.33. The Balaban J connectivity index is 1.55. The standard InChI is InChI=1S/C24H20BrN3O4/c1-15-24(31)28(14-22(29)26-18-5-3-2-4-6-18)20-13-19(11-12-21(20)32-15)27-23(30)16-7-9-17(25)10-8-16/h2-13,15H,14H2,1H3,(H,26,29)(H,27,30). The maximum Gasteiger partial charge on any atom is 0.268 e. The number of carbonyl (C=O) groups is 3. The maximum atomic E-state index is 12.8. The summed E-state index contributed by atoms with van der Waals surface area (Å²) in [4.78, 5) is 39.3. The van der Waals surface area contributed by atoms with Gasteiger partial charge in [0.05, 0.1) is 5.69 Å². The summed E-state index contributed by atoms with van der Waals surface area (Å²) in [5, 5.41) is 5.60. The van der Waals surface area contributed by atoms with Gasteiger partial charge in [0.2, 0.25) is 5.91 Å². The lowest BCUT2D eigenvalue weighted by molar-refractivity contribution is -0.127. The fourth-order valence-corrected chi connectivity index (χ4v) is 3.58. The van der Waals surface area contributed by atoms with Crippen LogP contribution < -0.4 is 20.3 Å². The molecule has 3 aromatic rings. The highest BCUT2D eigenvalue weighted by Gasteiger charge is 2.33. The molecule has 8 heteroatoms. The molecule has 4 rings (SSSR count). The smallest absolute Gasteiger partial charge is 0.268 e. The molecule has 0 radical (unpaired) electrons. The molecule has 1 heterocycles. The van der Waals surface area contributed by atoms with Gasteiger partial charge in [0.25, 0.3) is 11.8 Å². The van der Waals surface area contributed by atoms with Crippen LogP contribution >= 0.6 is 15.9 Å². The average molecular weight is 494 g/mol. The van der Waals surface area contributed by atoms with Gasteiger partial charge in [-0.15, -0.1) is 0 Å². The van der Waals surface area contributed by atoms with Gasteiger partial charge in [0.1, 0.15) is 12.3 Å². The highest BCUT2D eigenvalue weighted by molar-refractivity contribution is 9.10. The Morgan fingerprint density at radius 1 is 0.969 bits per heavy atom. The minimum Gasteiger partial charge on any atom is -0.479 e. The first-order chi connectivity index (χ1) is 15.4. The summed E-state index contributed by atoms with van der Waals surface area (Å²) in [6, 6.07) is 21.0. The molecule has 0 saturated heterocycles. The molecule has 0 spiro atoms. The van der Waals surface area contributed by atoms with Gasteiger partial charge in [0, 0.05) is 21.4 Å². The summed E-state index contributed by atoms with van der Waals surface area (Å²) >= 11 is 3.34. The van der Waals surface area contributed by atoms with Crippen molar-refractivity contribution in [3.8, 4) is 5.75 Å². The van der Waals surface area contributed by atoms with Crippen LogP contribution in [0.15, 0.2) is 77.3 Å². The molecule has 0 aromatic heterocycles. The molecule has 1 unspecified atom stereocenters. The number of benzene rings is 3. The SMILES string of the molecule is CC1Oc2ccc(NC(=O)c3ccc(Br)cc3)cc2N(CC(=O)Nc2ccccc2)C1=O. The van der Waals surface area contributed by atoms with Gasteiger partial charge in [-0.25, -0.2) is 0 Å². The second kappa shape index (κ2) is 9.23. The Kier molecular flexibility index (Phi) is 6.23. The summed E-state index contributed by atoms with van der Waals surface area (Å²) in [5.74, 6) is -0.500. The van der Waals surface area contributed by atoms with Crippen LogP contribution in [0, 0.1) is 0 Å². The first-order valence-corrected chi connectivity index (χ1v) is 10.7. The number of amides is 3. The predicted octanol–water partition coefficient (Wildman–Crippen LogP) is 4.45. The van der Waals surface area contributed by atoms with Crippen molar-refractivity contribution >= 4 is 50.7 Å². The zero-order valence-electron chi connectivity index (χ0n) is 17.2. The van der Waals surface area contributed by atoms with E-state index in [0.717, 1.165) is 4.47 Å². The van der Waals surface area contributed by atoms with E-state index in [2.05, 4.69) is 26.6 Å². The lowest BCUT2D eigenvalue weighted by Crippen LogP contribution is -2.47. The van der Waals surface area contributed by atoms with E-state index in [1.807, 2.05) is 18.2 Å². The van der Waals surface area contributed by atoms with Crippen molar-refractivity contribution in [2.45, 2.75) is 13.0 Å². The number of hydrogen-bond acceptors (Lipinski definition) is 4. The van der Waals surface area contributed by atoms with E-state index in [-0.39, 0.29) is 24.3 Å². The van der Waals surface area contributed by atoms with Crippen LogP contribution in [0.3, 0.4) is 0 Å². The van der Waals surface area contributed by atoms with E-state index in [9.17, 15) is 14.4 Å². The van der Waals surface area contributed by atoms with E-state index < -0.39 is 6.10 Å². The molecule has 1 aliphatic rings. The molecule has 0 fully saturated rings. The number of ether oxygens (including phenoxy) is 1. The Hall–Kier alpha value is -3.65. The van der Waals surface area contributed by atoms with Crippen LogP contribution in [-0.2, 0) is 9.59 Å². The molecule has 32 heavy (non-hydrogen) atoms. The molecule has 1 aliphatic heterocycles. The van der Waals surface area contributed by atoms with Gasteiger partial charge < -0.3 is 15.4 Å². The van der Waals surface area contributed by atoms with E-state index in [0.29, 0.717) is 28.4 Å². The summed E-state index contributed by atoms with van der Waals surface area (Å²) in [5.41, 5.74) is 2.04. The van der Waals surface area contributed by atoms with Gasteiger partial charge in [0.15, 0.2) is 6.10 Å². The third kappa shape index (κ3) is 4.81. The van der Waals surface area contributed by atoms with Crippen molar-refractivity contribution in [2.75, 3.05) is 22.1 Å². The fourth-order valence-electron chi connectivity index (χ4n) is 3.32. The summed E-state index contributed by atoms with van der Waals surface area (Å²) in [7, 11) is 0. The number of halogens is 1. The Morgan fingerprint density at radius 3 is 2.41 bits per heavy atom. The molecule has 0 bridgehead atoms. The number of rotatable bonds is 5. The number of carbonyl (C=O) groups excluding carboxylic acids is 3. The molecule has 3 amide bonds. The second-order valence-corrected chi connectivity index (χ2v) is 8.16. The molecule has 0 saturated carbocycles. The average Bonchev–Trinajstić information content (AvgIpc) is 2.78. The van der Waals surface area contributed by atoms with Crippen LogP contribution in [0.4, 0.5) is 17.1 Å². The largest absolute Gasteiger partial charge is 0.479 e. The van der Waals surface area contributed by atoms with Crippen molar-refractivity contribution < 1.29 is 19.1 Å². The third-order valence-corrected chi connectivity index (χ3v) is 5.42. The van der Waals surface area contributed by atoms with Crippen molar-refractivity contribution in [1.82, 2.24) is 0 Å².